The molecule has 0 bridgehead atoms. The van der Waals surface area contributed by atoms with E-state index >= 15 is 0 Å². The number of hydrogen-bond acceptors (Lipinski definition) is 3. The number of aryl methyl sites for hydroxylation is 1. The van der Waals surface area contributed by atoms with Crippen molar-refractivity contribution in [3.63, 3.8) is 0 Å². The van der Waals surface area contributed by atoms with Crippen LogP contribution in [0.4, 0.5) is 0 Å². The highest BCUT2D eigenvalue weighted by molar-refractivity contribution is 5.67. The Balaban J connectivity index is 2.26. The standard InChI is InChI=1S/C11H14N2O/c1-8-2-3-9(6-13-8)10-4-11(14)7-12-5-10/h2-4,6,11-12,14H,5,7H2,1H3. The van der Waals surface area contributed by atoms with Gasteiger partial charge in [-0.05, 0) is 30.2 Å². The monoisotopic (exact) mass is 190 g/mol. The van der Waals surface area contributed by atoms with Gasteiger partial charge < -0.3 is 10.4 Å². The zero-order chi connectivity index (χ0) is 9.97. The highest BCUT2D eigenvalue weighted by Crippen LogP contribution is 2.15. The van der Waals surface area contributed by atoms with Crippen LogP contribution in [0, 0.1) is 6.92 Å². The third-order valence-electron chi connectivity index (χ3n) is 2.34. The van der Waals surface area contributed by atoms with Crippen molar-refractivity contribution in [3.8, 4) is 0 Å². The van der Waals surface area contributed by atoms with Crippen LogP contribution >= 0.6 is 0 Å². The Kier molecular flexibility index (Phi) is 2.61. The van der Waals surface area contributed by atoms with Crippen LogP contribution in [0.2, 0.25) is 0 Å². The Morgan fingerprint density at radius 3 is 3.00 bits per heavy atom. The lowest BCUT2D eigenvalue weighted by Gasteiger charge is -2.18. The van der Waals surface area contributed by atoms with Gasteiger partial charge in [0, 0.05) is 25.0 Å². The lowest BCUT2D eigenvalue weighted by molar-refractivity contribution is 0.217. The van der Waals surface area contributed by atoms with Crippen LogP contribution in [0.5, 0.6) is 0 Å². The Bertz CT molecular complexity index is 343. The Labute approximate surface area is 83.5 Å². The third-order valence-corrected chi connectivity index (χ3v) is 2.34. The molecule has 0 saturated heterocycles. The molecule has 2 rings (SSSR count). The van der Waals surface area contributed by atoms with Gasteiger partial charge in [0.05, 0.1) is 6.10 Å². The maximum absolute atomic E-state index is 9.44. The summed E-state index contributed by atoms with van der Waals surface area (Å²) in [7, 11) is 0. The van der Waals surface area contributed by atoms with E-state index in [-0.39, 0.29) is 6.10 Å². The average Bonchev–Trinajstić information content (AvgIpc) is 2.19. The summed E-state index contributed by atoms with van der Waals surface area (Å²) in [5.41, 5.74) is 3.22. The number of aromatic nitrogens is 1. The van der Waals surface area contributed by atoms with Gasteiger partial charge in [0.15, 0.2) is 0 Å². The molecule has 1 aromatic rings. The van der Waals surface area contributed by atoms with Crippen molar-refractivity contribution in [2.75, 3.05) is 13.1 Å². The summed E-state index contributed by atoms with van der Waals surface area (Å²) in [5, 5.41) is 12.6. The van der Waals surface area contributed by atoms with Crippen LogP contribution in [0.25, 0.3) is 5.57 Å². The van der Waals surface area contributed by atoms with Gasteiger partial charge in [0.1, 0.15) is 0 Å². The van der Waals surface area contributed by atoms with E-state index in [1.165, 1.54) is 0 Å². The topological polar surface area (TPSA) is 45.1 Å². The van der Waals surface area contributed by atoms with Crippen molar-refractivity contribution in [2.45, 2.75) is 13.0 Å². The molecule has 3 nitrogen and oxygen atoms in total. The van der Waals surface area contributed by atoms with E-state index in [1.54, 1.807) is 0 Å². The maximum atomic E-state index is 9.44. The molecule has 0 saturated carbocycles. The van der Waals surface area contributed by atoms with E-state index in [9.17, 15) is 5.11 Å². The van der Waals surface area contributed by atoms with Gasteiger partial charge in [-0.25, -0.2) is 0 Å². The molecule has 0 radical (unpaired) electrons. The van der Waals surface area contributed by atoms with E-state index in [0.29, 0.717) is 6.54 Å². The van der Waals surface area contributed by atoms with E-state index < -0.39 is 0 Å². The van der Waals surface area contributed by atoms with Crippen molar-refractivity contribution in [1.29, 1.82) is 0 Å². The van der Waals surface area contributed by atoms with Gasteiger partial charge >= 0.3 is 0 Å². The molecule has 1 unspecified atom stereocenters. The number of rotatable bonds is 1. The third kappa shape index (κ3) is 2.00. The molecular weight excluding hydrogens is 176 g/mol. The first-order valence-electron chi connectivity index (χ1n) is 4.78. The number of β-amino-alcohol motifs (C(OH)–C–C–N with tert-alkyl or cyclic N) is 1. The van der Waals surface area contributed by atoms with E-state index in [2.05, 4.69) is 10.3 Å². The SMILES string of the molecule is Cc1ccc(C2=CC(O)CNC2)cn1. The minimum absolute atomic E-state index is 0.375. The number of hydrogen-bond donors (Lipinski definition) is 2. The van der Waals surface area contributed by atoms with E-state index in [1.807, 2.05) is 31.3 Å². The number of nitrogens with zero attached hydrogens (tertiary/aromatic N) is 1. The first kappa shape index (κ1) is 9.37. The van der Waals surface area contributed by atoms with Crippen LogP contribution in [-0.2, 0) is 0 Å². The maximum Gasteiger partial charge on any atom is 0.0851 e. The molecule has 14 heavy (non-hydrogen) atoms. The molecule has 2 heterocycles. The molecule has 0 aliphatic carbocycles. The molecule has 3 heteroatoms. The molecule has 1 aliphatic rings. The summed E-state index contributed by atoms with van der Waals surface area (Å²) >= 11 is 0. The molecule has 0 aromatic carbocycles. The number of nitrogens with one attached hydrogen (secondary N) is 1. The first-order valence-corrected chi connectivity index (χ1v) is 4.78. The molecule has 2 N–H and O–H groups in total. The van der Waals surface area contributed by atoms with Gasteiger partial charge in [0.2, 0.25) is 0 Å². The van der Waals surface area contributed by atoms with Crippen LogP contribution in [-0.4, -0.2) is 29.3 Å². The van der Waals surface area contributed by atoms with Crippen molar-refractivity contribution in [3.05, 3.63) is 35.7 Å². The summed E-state index contributed by atoms with van der Waals surface area (Å²) in [6.45, 7) is 3.41. The van der Waals surface area contributed by atoms with Crippen molar-refractivity contribution in [2.24, 2.45) is 0 Å². The minimum atomic E-state index is -0.375. The molecule has 1 aliphatic heterocycles. The average molecular weight is 190 g/mol. The Morgan fingerprint density at radius 2 is 2.36 bits per heavy atom. The first-order chi connectivity index (χ1) is 6.75. The van der Waals surface area contributed by atoms with Crippen LogP contribution in [0.3, 0.4) is 0 Å². The molecule has 0 amide bonds. The van der Waals surface area contributed by atoms with Gasteiger partial charge in [-0.2, -0.15) is 0 Å². The summed E-state index contributed by atoms with van der Waals surface area (Å²) in [4.78, 5) is 4.23. The number of aliphatic hydroxyl groups excluding tert-OH is 1. The van der Waals surface area contributed by atoms with Gasteiger partial charge in [-0.3, -0.25) is 4.98 Å². The second kappa shape index (κ2) is 3.90. The summed E-state index contributed by atoms with van der Waals surface area (Å²) in [6.07, 6.45) is 3.36. The molecule has 1 aromatic heterocycles. The lowest BCUT2D eigenvalue weighted by Crippen LogP contribution is -2.31. The molecular formula is C11H14N2O. The highest BCUT2D eigenvalue weighted by atomic mass is 16.3. The molecule has 74 valence electrons. The van der Waals surface area contributed by atoms with Crippen LogP contribution < -0.4 is 5.32 Å². The predicted octanol–water partition coefficient (Wildman–Crippen LogP) is 0.738. The number of pyridine rings is 1. The normalized spacial score (nSPS) is 21.9. The second-order valence-corrected chi connectivity index (χ2v) is 3.58. The zero-order valence-electron chi connectivity index (χ0n) is 8.20. The molecule has 1 atom stereocenters. The van der Waals surface area contributed by atoms with Gasteiger partial charge in [0.25, 0.3) is 0 Å². The van der Waals surface area contributed by atoms with Crippen molar-refractivity contribution >= 4 is 5.57 Å². The van der Waals surface area contributed by atoms with Crippen LogP contribution in [0.1, 0.15) is 11.3 Å². The van der Waals surface area contributed by atoms with Crippen molar-refractivity contribution < 1.29 is 5.11 Å². The second-order valence-electron chi connectivity index (χ2n) is 3.58. The summed E-state index contributed by atoms with van der Waals surface area (Å²) in [6, 6.07) is 4.02. The largest absolute Gasteiger partial charge is 0.388 e. The van der Waals surface area contributed by atoms with Crippen molar-refractivity contribution in [1.82, 2.24) is 10.3 Å². The fourth-order valence-corrected chi connectivity index (χ4v) is 1.56. The van der Waals surface area contributed by atoms with Gasteiger partial charge in [-0.15, -0.1) is 0 Å². The quantitative estimate of drug-likeness (QED) is 0.686. The van der Waals surface area contributed by atoms with Gasteiger partial charge in [-0.1, -0.05) is 6.07 Å². The lowest BCUT2D eigenvalue weighted by atomic mass is 10.0. The fraction of sp³-hybridized carbons (Fsp3) is 0.364. The molecule has 0 spiro atoms. The zero-order valence-corrected chi connectivity index (χ0v) is 8.20. The minimum Gasteiger partial charge on any atom is -0.388 e. The Hall–Kier alpha value is -1.19. The van der Waals surface area contributed by atoms with E-state index in [4.69, 9.17) is 0 Å². The predicted molar refractivity (Wildman–Crippen MR) is 55.8 cm³/mol. The highest BCUT2D eigenvalue weighted by Gasteiger charge is 2.11. The molecule has 0 fully saturated rings. The summed E-state index contributed by atoms with van der Waals surface area (Å²) < 4.78 is 0. The Morgan fingerprint density at radius 1 is 1.50 bits per heavy atom. The van der Waals surface area contributed by atoms with E-state index in [0.717, 1.165) is 23.4 Å². The fourth-order valence-electron chi connectivity index (χ4n) is 1.56. The van der Waals surface area contributed by atoms with Crippen LogP contribution in [0.15, 0.2) is 24.4 Å². The number of aliphatic hydroxyl groups is 1. The summed E-state index contributed by atoms with van der Waals surface area (Å²) in [5.74, 6) is 0. The smallest absolute Gasteiger partial charge is 0.0851 e.